The summed E-state index contributed by atoms with van der Waals surface area (Å²) in [6.07, 6.45) is -2.36. The van der Waals surface area contributed by atoms with Gasteiger partial charge in [0.2, 0.25) is 0 Å². The quantitative estimate of drug-likeness (QED) is 0.763. The molecular weight excluding hydrogens is 205 g/mol. The van der Waals surface area contributed by atoms with Crippen molar-refractivity contribution in [2.45, 2.75) is 31.5 Å². The summed E-state index contributed by atoms with van der Waals surface area (Å²) in [4.78, 5) is 1.95. The molecule has 2 rings (SSSR count). The number of likely N-dealkylation sites (tertiary alicyclic amines) is 1. The van der Waals surface area contributed by atoms with E-state index in [2.05, 4.69) is 5.32 Å². The van der Waals surface area contributed by atoms with Crippen LogP contribution < -0.4 is 5.32 Å². The van der Waals surface area contributed by atoms with Gasteiger partial charge in [-0.2, -0.15) is 13.2 Å². The first kappa shape index (κ1) is 11.2. The standard InChI is InChI=1S/C10H17F3N2/c11-10(12,13)3-5-15-6-8-2-1-4-14-9(8)7-15/h8-9,14H,1-7H2/t8-,9+/m0/s1. The van der Waals surface area contributed by atoms with Crippen molar-refractivity contribution in [3.05, 3.63) is 0 Å². The van der Waals surface area contributed by atoms with Gasteiger partial charge >= 0.3 is 6.18 Å². The van der Waals surface area contributed by atoms with Crippen molar-refractivity contribution in [1.29, 1.82) is 0 Å². The summed E-state index contributed by atoms with van der Waals surface area (Å²) in [7, 11) is 0. The maximum atomic E-state index is 12.0. The number of nitrogens with one attached hydrogen (secondary N) is 1. The van der Waals surface area contributed by atoms with Crippen molar-refractivity contribution in [2.24, 2.45) is 5.92 Å². The molecule has 2 saturated heterocycles. The largest absolute Gasteiger partial charge is 0.390 e. The van der Waals surface area contributed by atoms with Crippen LogP contribution in [0.15, 0.2) is 0 Å². The Morgan fingerprint density at radius 2 is 2.07 bits per heavy atom. The predicted octanol–water partition coefficient (Wildman–Crippen LogP) is 1.62. The average Bonchev–Trinajstić information content (AvgIpc) is 2.56. The first-order valence-corrected chi connectivity index (χ1v) is 5.57. The zero-order valence-electron chi connectivity index (χ0n) is 8.69. The second-order valence-corrected chi connectivity index (χ2v) is 4.59. The van der Waals surface area contributed by atoms with E-state index in [-0.39, 0.29) is 6.54 Å². The Balaban J connectivity index is 1.77. The Bertz CT molecular complexity index is 203. The zero-order valence-corrected chi connectivity index (χ0v) is 8.69. The fourth-order valence-corrected chi connectivity index (χ4v) is 2.60. The molecule has 0 spiro atoms. The molecule has 2 aliphatic heterocycles. The monoisotopic (exact) mass is 222 g/mol. The van der Waals surface area contributed by atoms with Crippen LogP contribution in [0.2, 0.25) is 0 Å². The van der Waals surface area contributed by atoms with Gasteiger partial charge < -0.3 is 10.2 Å². The summed E-state index contributed by atoms with van der Waals surface area (Å²) in [5, 5.41) is 3.39. The molecule has 2 fully saturated rings. The molecule has 1 N–H and O–H groups in total. The van der Waals surface area contributed by atoms with Crippen LogP contribution in [0.1, 0.15) is 19.3 Å². The molecule has 2 aliphatic rings. The molecule has 0 radical (unpaired) electrons. The van der Waals surface area contributed by atoms with Gasteiger partial charge in [0.15, 0.2) is 0 Å². The molecule has 2 heterocycles. The molecule has 0 amide bonds. The van der Waals surface area contributed by atoms with E-state index in [0.717, 1.165) is 26.1 Å². The van der Waals surface area contributed by atoms with Crippen LogP contribution in [0.5, 0.6) is 0 Å². The molecule has 88 valence electrons. The van der Waals surface area contributed by atoms with Crippen LogP contribution in [-0.2, 0) is 0 Å². The molecule has 15 heavy (non-hydrogen) atoms. The summed E-state index contributed by atoms with van der Waals surface area (Å²) >= 11 is 0. The first-order valence-electron chi connectivity index (χ1n) is 5.57. The maximum absolute atomic E-state index is 12.0. The number of hydrogen-bond donors (Lipinski definition) is 1. The highest BCUT2D eigenvalue weighted by Gasteiger charge is 2.36. The highest BCUT2D eigenvalue weighted by Crippen LogP contribution is 2.27. The topological polar surface area (TPSA) is 15.3 Å². The van der Waals surface area contributed by atoms with Crippen molar-refractivity contribution in [3.8, 4) is 0 Å². The number of fused-ring (bicyclic) bond motifs is 1. The number of halogens is 3. The van der Waals surface area contributed by atoms with Crippen molar-refractivity contribution in [2.75, 3.05) is 26.2 Å². The summed E-state index contributed by atoms with van der Waals surface area (Å²) < 4.78 is 36.1. The Hall–Kier alpha value is -0.290. The van der Waals surface area contributed by atoms with Gasteiger partial charge in [-0.1, -0.05) is 0 Å². The third-order valence-corrected chi connectivity index (χ3v) is 3.39. The normalized spacial score (nSPS) is 33.0. The third-order valence-electron chi connectivity index (χ3n) is 3.39. The van der Waals surface area contributed by atoms with Gasteiger partial charge in [-0.15, -0.1) is 0 Å². The molecule has 0 aromatic carbocycles. The van der Waals surface area contributed by atoms with Crippen molar-refractivity contribution in [3.63, 3.8) is 0 Å². The fourth-order valence-electron chi connectivity index (χ4n) is 2.60. The van der Waals surface area contributed by atoms with Gasteiger partial charge in [0.25, 0.3) is 0 Å². The van der Waals surface area contributed by atoms with Crippen LogP contribution in [0.25, 0.3) is 0 Å². The number of nitrogens with zero attached hydrogens (tertiary/aromatic N) is 1. The molecule has 0 saturated carbocycles. The summed E-state index contributed by atoms with van der Waals surface area (Å²) in [5.74, 6) is 0.576. The van der Waals surface area contributed by atoms with Crippen molar-refractivity contribution in [1.82, 2.24) is 10.2 Å². The van der Waals surface area contributed by atoms with E-state index in [1.807, 2.05) is 4.90 Å². The minimum absolute atomic E-state index is 0.165. The van der Waals surface area contributed by atoms with E-state index in [1.165, 1.54) is 6.42 Å². The van der Waals surface area contributed by atoms with E-state index in [1.54, 1.807) is 0 Å². The molecule has 0 bridgehead atoms. The molecule has 2 atom stereocenters. The molecule has 0 unspecified atom stereocenters. The molecular formula is C10H17F3N2. The van der Waals surface area contributed by atoms with E-state index in [9.17, 15) is 13.2 Å². The van der Waals surface area contributed by atoms with E-state index < -0.39 is 12.6 Å². The Morgan fingerprint density at radius 3 is 2.73 bits per heavy atom. The van der Waals surface area contributed by atoms with E-state index in [0.29, 0.717) is 12.0 Å². The highest BCUT2D eigenvalue weighted by molar-refractivity contribution is 4.91. The van der Waals surface area contributed by atoms with Gasteiger partial charge in [0.1, 0.15) is 0 Å². The SMILES string of the molecule is FC(F)(F)CCN1C[C@@H]2CCCN[C@@H]2C1. The van der Waals surface area contributed by atoms with Crippen LogP contribution in [-0.4, -0.2) is 43.3 Å². The zero-order chi connectivity index (χ0) is 10.9. The van der Waals surface area contributed by atoms with Crippen LogP contribution in [0.4, 0.5) is 13.2 Å². The fraction of sp³-hybridized carbons (Fsp3) is 1.00. The summed E-state index contributed by atoms with van der Waals surface area (Å²) in [6.45, 7) is 2.82. The lowest BCUT2D eigenvalue weighted by molar-refractivity contribution is -0.137. The molecule has 0 aromatic rings. The lowest BCUT2D eigenvalue weighted by Gasteiger charge is -2.24. The minimum Gasteiger partial charge on any atom is -0.312 e. The summed E-state index contributed by atoms with van der Waals surface area (Å²) in [5.41, 5.74) is 0. The van der Waals surface area contributed by atoms with Gasteiger partial charge in [-0.3, -0.25) is 0 Å². The minimum atomic E-state index is -4.01. The molecule has 0 aliphatic carbocycles. The second-order valence-electron chi connectivity index (χ2n) is 4.59. The molecule has 2 nitrogen and oxygen atoms in total. The highest BCUT2D eigenvalue weighted by atomic mass is 19.4. The van der Waals surface area contributed by atoms with Crippen molar-refractivity contribution >= 4 is 0 Å². The number of piperidine rings is 1. The smallest absolute Gasteiger partial charge is 0.312 e. The van der Waals surface area contributed by atoms with Gasteiger partial charge in [0.05, 0.1) is 6.42 Å². The number of rotatable bonds is 2. The van der Waals surface area contributed by atoms with Gasteiger partial charge in [-0.25, -0.2) is 0 Å². The molecule has 0 aromatic heterocycles. The lowest BCUT2D eigenvalue weighted by Crippen LogP contribution is -2.40. The van der Waals surface area contributed by atoms with Crippen LogP contribution >= 0.6 is 0 Å². The Labute approximate surface area is 87.8 Å². The second kappa shape index (κ2) is 4.29. The van der Waals surface area contributed by atoms with E-state index >= 15 is 0 Å². The van der Waals surface area contributed by atoms with Gasteiger partial charge in [0, 0.05) is 25.7 Å². The van der Waals surface area contributed by atoms with Crippen LogP contribution in [0.3, 0.4) is 0 Å². The predicted molar refractivity (Wildman–Crippen MR) is 51.6 cm³/mol. The first-order chi connectivity index (χ1) is 7.04. The Morgan fingerprint density at radius 1 is 1.27 bits per heavy atom. The number of alkyl halides is 3. The Kier molecular flexibility index (Phi) is 3.21. The van der Waals surface area contributed by atoms with Crippen molar-refractivity contribution < 1.29 is 13.2 Å². The average molecular weight is 222 g/mol. The maximum Gasteiger partial charge on any atom is 0.390 e. The number of hydrogen-bond acceptors (Lipinski definition) is 2. The third kappa shape index (κ3) is 3.08. The summed E-state index contributed by atoms with van der Waals surface area (Å²) in [6, 6.07) is 0.437. The lowest BCUT2D eigenvalue weighted by atomic mass is 9.94. The molecule has 5 heteroatoms. The van der Waals surface area contributed by atoms with E-state index in [4.69, 9.17) is 0 Å². The van der Waals surface area contributed by atoms with Crippen LogP contribution in [0, 0.1) is 5.92 Å². The van der Waals surface area contributed by atoms with Gasteiger partial charge in [-0.05, 0) is 25.3 Å².